The van der Waals surface area contributed by atoms with Crippen molar-refractivity contribution in [3.05, 3.63) is 23.8 Å². The Bertz CT molecular complexity index is 454. The summed E-state index contributed by atoms with van der Waals surface area (Å²) in [4.78, 5) is 9.08. The summed E-state index contributed by atoms with van der Waals surface area (Å²) >= 11 is 2.06. The molecule has 1 aromatic heterocycles. The van der Waals surface area contributed by atoms with Gasteiger partial charge in [0.1, 0.15) is 5.82 Å². The van der Waals surface area contributed by atoms with Crippen molar-refractivity contribution in [3.63, 3.8) is 0 Å². The fourth-order valence-corrected chi connectivity index (χ4v) is 4.82. The highest BCUT2D eigenvalue weighted by atomic mass is 32.2. The molecule has 2 fully saturated rings. The molecule has 0 saturated carbocycles. The number of aryl methyl sites for hydroxylation is 1. The van der Waals surface area contributed by atoms with Gasteiger partial charge in [0.15, 0.2) is 0 Å². The molecule has 0 amide bonds. The highest BCUT2D eigenvalue weighted by Crippen LogP contribution is 2.42. The Hall–Kier alpha value is -0.650. The van der Waals surface area contributed by atoms with Gasteiger partial charge in [0.25, 0.3) is 0 Å². The molecule has 5 heteroatoms. The molecule has 1 spiro atoms. The Morgan fingerprint density at radius 2 is 2.05 bits per heavy atom. The maximum absolute atomic E-state index is 6.20. The van der Waals surface area contributed by atoms with Crippen molar-refractivity contribution in [2.24, 2.45) is 5.92 Å². The summed E-state index contributed by atoms with van der Waals surface area (Å²) in [6, 6.07) is 0.237. The van der Waals surface area contributed by atoms with E-state index in [2.05, 4.69) is 27.0 Å². The summed E-state index contributed by atoms with van der Waals surface area (Å²) in [7, 11) is 2.02. The molecule has 1 N–H and O–H groups in total. The summed E-state index contributed by atoms with van der Waals surface area (Å²) < 4.78 is 6.20. The first-order valence-electron chi connectivity index (χ1n) is 7.90. The molecular formula is C16H25N3OS. The van der Waals surface area contributed by atoms with E-state index in [-0.39, 0.29) is 11.6 Å². The molecule has 2 aliphatic heterocycles. The van der Waals surface area contributed by atoms with Crippen LogP contribution in [-0.4, -0.2) is 40.7 Å². The van der Waals surface area contributed by atoms with Crippen molar-refractivity contribution in [2.45, 2.75) is 44.2 Å². The van der Waals surface area contributed by atoms with Crippen LogP contribution < -0.4 is 5.32 Å². The maximum Gasteiger partial charge on any atom is 0.145 e. The lowest BCUT2D eigenvalue weighted by Crippen LogP contribution is -2.45. The molecule has 116 valence electrons. The third-order valence-corrected chi connectivity index (χ3v) is 5.78. The minimum atomic E-state index is 0.119. The maximum atomic E-state index is 6.20. The smallest absolute Gasteiger partial charge is 0.145 e. The summed E-state index contributed by atoms with van der Waals surface area (Å²) in [6.07, 6.45) is 8.45. The number of hydrogen-bond donors (Lipinski definition) is 1. The molecule has 0 bridgehead atoms. The molecule has 0 aromatic carbocycles. The van der Waals surface area contributed by atoms with E-state index in [1.54, 1.807) is 0 Å². The Morgan fingerprint density at radius 3 is 2.71 bits per heavy atom. The first kappa shape index (κ1) is 15.3. The molecule has 3 rings (SSSR count). The number of nitrogens with zero attached hydrogens (tertiary/aromatic N) is 2. The SMILES string of the molecule is CNC(c1ncc(C)cn1)C1CCOC2(CCSCC2)C1. The lowest BCUT2D eigenvalue weighted by atomic mass is 9.78. The van der Waals surface area contributed by atoms with Crippen molar-refractivity contribution in [1.29, 1.82) is 0 Å². The summed E-state index contributed by atoms with van der Waals surface area (Å²) in [5.41, 5.74) is 1.23. The fraction of sp³-hybridized carbons (Fsp3) is 0.750. The van der Waals surface area contributed by atoms with Gasteiger partial charge in [0, 0.05) is 19.0 Å². The number of aromatic nitrogens is 2. The first-order chi connectivity index (χ1) is 10.2. The third-order valence-electron chi connectivity index (χ3n) is 4.80. The van der Waals surface area contributed by atoms with Crippen LogP contribution in [0.5, 0.6) is 0 Å². The molecule has 4 nitrogen and oxygen atoms in total. The van der Waals surface area contributed by atoms with Gasteiger partial charge in [-0.15, -0.1) is 0 Å². The van der Waals surface area contributed by atoms with E-state index in [9.17, 15) is 0 Å². The van der Waals surface area contributed by atoms with E-state index in [4.69, 9.17) is 4.74 Å². The molecule has 0 aliphatic carbocycles. The van der Waals surface area contributed by atoms with E-state index in [0.717, 1.165) is 30.8 Å². The van der Waals surface area contributed by atoms with Gasteiger partial charge in [0.2, 0.25) is 0 Å². The zero-order valence-corrected chi connectivity index (χ0v) is 13.8. The second-order valence-electron chi connectivity index (χ2n) is 6.28. The Balaban J connectivity index is 1.75. The van der Waals surface area contributed by atoms with E-state index in [1.807, 2.05) is 26.4 Å². The zero-order valence-electron chi connectivity index (χ0n) is 13.0. The molecular weight excluding hydrogens is 282 g/mol. The highest BCUT2D eigenvalue weighted by Gasteiger charge is 2.41. The van der Waals surface area contributed by atoms with Crippen LogP contribution in [0.1, 0.15) is 43.1 Å². The van der Waals surface area contributed by atoms with Crippen LogP contribution in [0.25, 0.3) is 0 Å². The molecule has 0 radical (unpaired) electrons. The monoisotopic (exact) mass is 307 g/mol. The Kier molecular flexibility index (Phi) is 4.82. The number of nitrogens with one attached hydrogen (secondary N) is 1. The van der Waals surface area contributed by atoms with Crippen molar-refractivity contribution >= 4 is 11.8 Å². The van der Waals surface area contributed by atoms with Crippen LogP contribution in [0, 0.1) is 12.8 Å². The normalized spacial score (nSPS) is 26.7. The highest BCUT2D eigenvalue weighted by molar-refractivity contribution is 7.99. The van der Waals surface area contributed by atoms with Crippen molar-refractivity contribution in [1.82, 2.24) is 15.3 Å². The van der Waals surface area contributed by atoms with E-state index in [1.165, 1.54) is 24.3 Å². The zero-order chi connectivity index (χ0) is 14.7. The van der Waals surface area contributed by atoms with Gasteiger partial charge in [-0.05, 0) is 62.6 Å². The standard InChI is InChI=1S/C16H25N3OS/c1-12-10-18-15(19-11-12)14(17-2)13-3-6-20-16(9-13)4-7-21-8-5-16/h10-11,13-14,17H,3-9H2,1-2H3. The average molecular weight is 307 g/mol. The molecule has 2 aliphatic rings. The second-order valence-corrected chi connectivity index (χ2v) is 7.51. The van der Waals surface area contributed by atoms with E-state index < -0.39 is 0 Å². The first-order valence-corrected chi connectivity index (χ1v) is 9.05. The molecule has 2 atom stereocenters. The van der Waals surface area contributed by atoms with Gasteiger partial charge in [0.05, 0.1) is 11.6 Å². The predicted octanol–water partition coefficient (Wildman–Crippen LogP) is 2.74. The third kappa shape index (κ3) is 3.41. The van der Waals surface area contributed by atoms with E-state index in [0.29, 0.717) is 5.92 Å². The topological polar surface area (TPSA) is 47.0 Å². The summed E-state index contributed by atoms with van der Waals surface area (Å²) in [6.45, 7) is 2.90. The van der Waals surface area contributed by atoms with Crippen molar-refractivity contribution in [2.75, 3.05) is 25.2 Å². The Morgan fingerprint density at radius 1 is 1.33 bits per heavy atom. The van der Waals surface area contributed by atoms with Crippen molar-refractivity contribution < 1.29 is 4.74 Å². The van der Waals surface area contributed by atoms with Crippen LogP contribution in [-0.2, 0) is 4.74 Å². The Labute approximate surface area is 131 Å². The predicted molar refractivity (Wildman–Crippen MR) is 86.5 cm³/mol. The average Bonchev–Trinajstić information content (AvgIpc) is 2.51. The van der Waals surface area contributed by atoms with Gasteiger partial charge in [-0.2, -0.15) is 11.8 Å². The second kappa shape index (κ2) is 6.63. The number of thioether (sulfide) groups is 1. The van der Waals surface area contributed by atoms with Crippen LogP contribution in [0.15, 0.2) is 12.4 Å². The van der Waals surface area contributed by atoms with Gasteiger partial charge < -0.3 is 10.1 Å². The minimum absolute atomic E-state index is 0.119. The largest absolute Gasteiger partial charge is 0.375 e. The molecule has 2 unspecified atom stereocenters. The number of rotatable bonds is 3. The number of ether oxygens (including phenoxy) is 1. The van der Waals surface area contributed by atoms with Crippen LogP contribution in [0.3, 0.4) is 0 Å². The lowest BCUT2D eigenvalue weighted by molar-refractivity contribution is -0.107. The molecule has 3 heterocycles. The van der Waals surface area contributed by atoms with Crippen LogP contribution >= 0.6 is 11.8 Å². The van der Waals surface area contributed by atoms with Crippen molar-refractivity contribution in [3.8, 4) is 0 Å². The molecule has 2 saturated heterocycles. The fourth-order valence-electron chi connectivity index (χ4n) is 3.58. The van der Waals surface area contributed by atoms with Gasteiger partial charge in [-0.1, -0.05) is 0 Å². The van der Waals surface area contributed by atoms with E-state index >= 15 is 0 Å². The van der Waals surface area contributed by atoms with Gasteiger partial charge in [-0.25, -0.2) is 9.97 Å². The number of hydrogen-bond acceptors (Lipinski definition) is 5. The quantitative estimate of drug-likeness (QED) is 0.930. The summed E-state index contributed by atoms with van der Waals surface area (Å²) in [5, 5.41) is 3.44. The van der Waals surface area contributed by atoms with Crippen LogP contribution in [0.2, 0.25) is 0 Å². The van der Waals surface area contributed by atoms with Gasteiger partial charge >= 0.3 is 0 Å². The minimum Gasteiger partial charge on any atom is -0.375 e. The summed E-state index contributed by atoms with van der Waals surface area (Å²) in [5.74, 6) is 3.96. The lowest BCUT2D eigenvalue weighted by Gasteiger charge is -2.45. The molecule has 1 aromatic rings. The van der Waals surface area contributed by atoms with Crippen LogP contribution in [0.4, 0.5) is 0 Å². The van der Waals surface area contributed by atoms with Gasteiger partial charge in [-0.3, -0.25) is 0 Å². The molecule has 21 heavy (non-hydrogen) atoms.